The third-order valence-corrected chi connectivity index (χ3v) is 3.88. The highest BCUT2D eigenvalue weighted by atomic mass is 79.9. The molecule has 0 aliphatic carbocycles. The van der Waals surface area contributed by atoms with Gasteiger partial charge in [-0.1, -0.05) is 22.0 Å². The van der Waals surface area contributed by atoms with Crippen molar-refractivity contribution in [2.24, 2.45) is 0 Å². The van der Waals surface area contributed by atoms with Gasteiger partial charge in [0.25, 0.3) is 0 Å². The Balaban J connectivity index is 1.58. The van der Waals surface area contributed by atoms with E-state index in [0.717, 1.165) is 23.3 Å². The van der Waals surface area contributed by atoms with Crippen molar-refractivity contribution in [1.82, 2.24) is 10.2 Å². The standard InChI is InChI=1S/C15H23BrN2O/c1-13(12-18-8-2-3-9-18)17-7-10-19-15-6-4-5-14(16)11-15/h4-6,11,13,17H,2-3,7-10,12H2,1H3. The number of hydrogen-bond acceptors (Lipinski definition) is 3. The molecule has 0 spiro atoms. The minimum atomic E-state index is 0.532. The second-order valence-corrected chi connectivity index (χ2v) is 6.08. The van der Waals surface area contributed by atoms with Crippen molar-refractivity contribution in [2.75, 3.05) is 32.8 Å². The van der Waals surface area contributed by atoms with Gasteiger partial charge in [0.15, 0.2) is 0 Å². The smallest absolute Gasteiger partial charge is 0.120 e. The van der Waals surface area contributed by atoms with Crippen LogP contribution in [0.4, 0.5) is 0 Å². The molecule has 19 heavy (non-hydrogen) atoms. The molecule has 106 valence electrons. The van der Waals surface area contributed by atoms with Gasteiger partial charge in [0.2, 0.25) is 0 Å². The van der Waals surface area contributed by atoms with Gasteiger partial charge in [-0.15, -0.1) is 0 Å². The zero-order valence-corrected chi connectivity index (χ0v) is 13.2. The zero-order chi connectivity index (χ0) is 13.5. The second kappa shape index (κ2) is 7.88. The number of nitrogens with zero attached hydrogens (tertiary/aromatic N) is 1. The quantitative estimate of drug-likeness (QED) is 0.780. The molecule has 1 heterocycles. The Morgan fingerprint density at radius 3 is 2.89 bits per heavy atom. The maximum absolute atomic E-state index is 5.70. The van der Waals surface area contributed by atoms with E-state index in [1.807, 2.05) is 24.3 Å². The van der Waals surface area contributed by atoms with Crippen molar-refractivity contribution in [2.45, 2.75) is 25.8 Å². The van der Waals surface area contributed by atoms with Crippen LogP contribution in [0.2, 0.25) is 0 Å². The van der Waals surface area contributed by atoms with E-state index in [0.29, 0.717) is 12.6 Å². The highest BCUT2D eigenvalue weighted by Gasteiger charge is 2.13. The lowest BCUT2D eigenvalue weighted by Gasteiger charge is -2.21. The second-order valence-electron chi connectivity index (χ2n) is 5.17. The zero-order valence-electron chi connectivity index (χ0n) is 11.6. The van der Waals surface area contributed by atoms with Crippen molar-refractivity contribution in [3.8, 4) is 5.75 Å². The average molecular weight is 327 g/mol. The molecule has 1 N–H and O–H groups in total. The third kappa shape index (κ3) is 5.51. The van der Waals surface area contributed by atoms with Crippen LogP contribution in [0.25, 0.3) is 0 Å². The van der Waals surface area contributed by atoms with Crippen molar-refractivity contribution < 1.29 is 4.74 Å². The molecule has 1 atom stereocenters. The normalized spacial score (nSPS) is 17.6. The van der Waals surface area contributed by atoms with Gasteiger partial charge in [0, 0.05) is 23.6 Å². The van der Waals surface area contributed by atoms with E-state index in [1.165, 1.54) is 25.9 Å². The van der Waals surface area contributed by atoms with Crippen molar-refractivity contribution in [3.63, 3.8) is 0 Å². The summed E-state index contributed by atoms with van der Waals surface area (Å²) in [7, 11) is 0. The number of nitrogens with one attached hydrogen (secondary N) is 1. The summed E-state index contributed by atoms with van der Waals surface area (Å²) in [6.45, 7) is 7.53. The van der Waals surface area contributed by atoms with Gasteiger partial charge in [-0.2, -0.15) is 0 Å². The van der Waals surface area contributed by atoms with Crippen LogP contribution in [0.3, 0.4) is 0 Å². The molecule has 0 amide bonds. The van der Waals surface area contributed by atoms with E-state index >= 15 is 0 Å². The summed E-state index contributed by atoms with van der Waals surface area (Å²) in [6.07, 6.45) is 2.72. The topological polar surface area (TPSA) is 24.5 Å². The first kappa shape index (κ1) is 14.8. The monoisotopic (exact) mass is 326 g/mol. The number of benzene rings is 1. The molecule has 0 radical (unpaired) electrons. The summed E-state index contributed by atoms with van der Waals surface area (Å²) >= 11 is 3.44. The fourth-order valence-electron chi connectivity index (χ4n) is 2.45. The predicted molar refractivity (Wildman–Crippen MR) is 82.8 cm³/mol. The summed E-state index contributed by atoms with van der Waals surface area (Å²) < 4.78 is 6.76. The molecule has 0 bridgehead atoms. The largest absolute Gasteiger partial charge is 0.492 e. The van der Waals surface area contributed by atoms with Crippen LogP contribution in [0.1, 0.15) is 19.8 Å². The fourth-order valence-corrected chi connectivity index (χ4v) is 2.83. The van der Waals surface area contributed by atoms with Gasteiger partial charge >= 0.3 is 0 Å². The van der Waals surface area contributed by atoms with Crippen molar-refractivity contribution in [3.05, 3.63) is 28.7 Å². The van der Waals surface area contributed by atoms with Crippen LogP contribution in [-0.2, 0) is 0 Å². The molecular weight excluding hydrogens is 304 g/mol. The Bertz CT molecular complexity index is 380. The summed E-state index contributed by atoms with van der Waals surface area (Å²) in [5, 5.41) is 3.52. The Morgan fingerprint density at radius 1 is 1.37 bits per heavy atom. The van der Waals surface area contributed by atoms with Crippen LogP contribution in [-0.4, -0.2) is 43.7 Å². The van der Waals surface area contributed by atoms with Crippen LogP contribution in [0, 0.1) is 0 Å². The minimum absolute atomic E-state index is 0.532. The number of hydrogen-bond donors (Lipinski definition) is 1. The Kier molecular flexibility index (Phi) is 6.14. The molecule has 4 heteroatoms. The molecule has 1 saturated heterocycles. The molecule has 0 aromatic heterocycles. The fraction of sp³-hybridized carbons (Fsp3) is 0.600. The van der Waals surface area contributed by atoms with Crippen LogP contribution in [0.15, 0.2) is 28.7 Å². The Labute approximate surface area is 124 Å². The molecular formula is C15H23BrN2O. The molecule has 3 nitrogen and oxygen atoms in total. The van der Waals surface area contributed by atoms with Gasteiger partial charge in [0.1, 0.15) is 12.4 Å². The lowest BCUT2D eigenvalue weighted by atomic mass is 10.3. The van der Waals surface area contributed by atoms with Gasteiger partial charge in [-0.3, -0.25) is 0 Å². The van der Waals surface area contributed by atoms with Crippen molar-refractivity contribution >= 4 is 15.9 Å². The van der Waals surface area contributed by atoms with E-state index < -0.39 is 0 Å². The molecule has 1 aromatic rings. The average Bonchev–Trinajstić information content (AvgIpc) is 2.87. The first-order valence-electron chi connectivity index (χ1n) is 7.08. The Hall–Kier alpha value is -0.580. The van der Waals surface area contributed by atoms with Crippen molar-refractivity contribution in [1.29, 1.82) is 0 Å². The molecule has 1 aliphatic rings. The predicted octanol–water partition coefficient (Wildman–Crippen LogP) is 2.90. The van der Waals surface area contributed by atoms with Crippen LogP contribution >= 0.6 is 15.9 Å². The number of halogens is 1. The lowest BCUT2D eigenvalue weighted by molar-refractivity contribution is 0.273. The maximum atomic E-state index is 5.70. The lowest BCUT2D eigenvalue weighted by Crippen LogP contribution is -2.39. The first-order chi connectivity index (χ1) is 9.24. The maximum Gasteiger partial charge on any atom is 0.120 e. The van der Waals surface area contributed by atoms with Gasteiger partial charge in [-0.05, 0) is 51.1 Å². The van der Waals surface area contributed by atoms with Crippen LogP contribution in [0.5, 0.6) is 5.75 Å². The molecule has 1 aliphatic heterocycles. The van der Waals surface area contributed by atoms with E-state index in [4.69, 9.17) is 4.74 Å². The summed E-state index contributed by atoms with van der Waals surface area (Å²) in [5.41, 5.74) is 0. The van der Waals surface area contributed by atoms with Gasteiger partial charge in [-0.25, -0.2) is 0 Å². The molecule has 1 unspecified atom stereocenters. The van der Waals surface area contributed by atoms with Crippen LogP contribution < -0.4 is 10.1 Å². The molecule has 2 rings (SSSR count). The first-order valence-corrected chi connectivity index (χ1v) is 7.87. The number of ether oxygens (including phenoxy) is 1. The van der Waals surface area contributed by atoms with E-state index in [-0.39, 0.29) is 0 Å². The van der Waals surface area contributed by atoms with E-state index in [1.54, 1.807) is 0 Å². The minimum Gasteiger partial charge on any atom is -0.492 e. The van der Waals surface area contributed by atoms with Gasteiger partial charge < -0.3 is 15.0 Å². The SMILES string of the molecule is CC(CN1CCCC1)NCCOc1cccc(Br)c1. The van der Waals surface area contributed by atoms with E-state index in [9.17, 15) is 0 Å². The Morgan fingerprint density at radius 2 is 2.16 bits per heavy atom. The number of likely N-dealkylation sites (tertiary alicyclic amines) is 1. The molecule has 1 fully saturated rings. The third-order valence-electron chi connectivity index (χ3n) is 3.39. The molecule has 0 saturated carbocycles. The number of rotatable bonds is 7. The summed E-state index contributed by atoms with van der Waals surface area (Å²) in [4.78, 5) is 2.53. The highest BCUT2D eigenvalue weighted by Crippen LogP contribution is 2.17. The highest BCUT2D eigenvalue weighted by molar-refractivity contribution is 9.10. The summed E-state index contributed by atoms with van der Waals surface area (Å²) in [5.74, 6) is 0.920. The van der Waals surface area contributed by atoms with Gasteiger partial charge in [0.05, 0.1) is 0 Å². The van der Waals surface area contributed by atoms with E-state index in [2.05, 4.69) is 33.1 Å². The molecule has 1 aromatic carbocycles. The summed E-state index contributed by atoms with van der Waals surface area (Å²) in [6, 6.07) is 8.50.